The van der Waals surface area contributed by atoms with E-state index >= 15 is 0 Å². The van der Waals surface area contributed by atoms with Gasteiger partial charge in [-0.05, 0) is 43.3 Å². The second-order valence-corrected chi connectivity index (χ2v) is 7.17. The van der Waals surface area contributed by atoms with Crippen molar-refractivity contribution in [1.29, 1.82) is 0 Å². The van der Waals surface area contributed by atoms with E-state index in [-0.39, 0.29) is 29.2 Å². The van der Waals surface area contributed by atoms with E-state index < -0.39 is 0 Å². The summed E-state index contributed by atoms with van der Waals surface area (Å²) in [6.45, 7) is 1.72. The molecule has 10 heteroatoms. The molecule has 0 bridgehead atoms. The van der Waals surface area contributed by atoms with Crippen LogP contribution in [0.4, 0.5) is 17.2 Å². The van der Waals surface area contributed by atoms with Crippen molar-refractivity contribution in [3.63, 3.8) is 0 Å². The number of carbonyl (C=O) groups is 3. The highest BCUT2D eigenvalue weighted by Gasteiger charge is 2.10. The van der Waals surface area contributed by atoms with Crippen molar-refractivity contribution in [1.82, 2.24) is 10.1 Å². The van der Waals surface area contributed by atoms with Crippen LogP contribution in [0.3, 0.4) is 0 Å². The maximum Gasteiger partial charge on any atom is 0.255 e. The molecule has 0 fully saturated rings. The van der Waals surface area contributed by atoms with Crippen molar-refractivity contribution in [2.45, 2.75) is 6.92 Å². The Morgan fingerprint density at radius 3 is 2.33 bits per heavy atom. The first-order valence-corrected chi connectivity index (χ1v) is 10.1. The minimum atomic E-state index is -0.273. The normalized spacial score (nSPS) is 10.3. The van der Waals surface area contributed by atoms with Crippen LogP contribution < -0.4 is 16.0 Å². The van der Waals surface area contributed by atoms with Gasteiger partial charge in [0.15, 0.2) is 5.82 Å². The fraction of sp³-hybridized carbons (Fsp3) is 0.150. The summed E-state index contributed by atoms with van der Waals surface area (Å²) in [5.41, 5.74) is 1.60. The molecule has 0 aliphatic heterocycles. The van der Waals surface area contributed by atoms with Crippen LogP contribution in [0, 0.1) is 6.92 Å². The number of aryl methyl sites for hydroxylation is 1. The predicted molar refractivity (Wildman–Crippen MR) is 114 cm³/mol. The Labute approximate surface area is 176 Å². The first-order valence-electron chi connectivity index (χ1n) is 8.92. The second-order valence-electron chi connectivity index (χ2n) is 6.19. The second kappa shape index (κ2) is 10.2. The minimum absolute atomic E-state index is 0.104. The smallest absolute Gasteiger partial charge is 0.255 e. The molecule has 2 aromatic heterocycles. The van der Waals surface area contributed by atoms with Gasteiger partial charge in [-0.3, -0.25) is 19.4 Å². The molecule has 0 aliphatic carbocycles. The lowest BCUT2D eigenvalue weighted by Gasteiger charge is -2.07. The number of aromatic nitrogens is 2. The van der Waals surface area contributed by atoms with Crippen LogP contribution >= 0.6 is 11.8 Å². The van der Waals surface area contributed by atoms with Crippen molar-refractivity contribution < 1.29 is 18.9 Å². The van der Waals surface area contributed by atoms with Crippen molar-refractivity contribution in [2.75, 3.05) is 27.5 Å². The number of hydrogen-bond acceptors (Lipinski definition) is 7. The van der Waals surface area contributed by atoms with Gasteiger partial charge in [0, 0.05) is 23.5 Å². The summed E-state index contributed by atoms with van der Waals surface area (Å²) in [6, 6.07) is 11.6. The molecule has 0 spiro atoms. The number of hydrogen-bond donors (Lipinski definition) is 3. The Kier molecular flexibility index (Phi) is 7.17. The molecule has 0 unspecified atom stereocenters. The molecule has 0 saturated heterocycles. The predicted octanol–water partition coefficient (Wildman–Crippen LogP) is 2.94. The molecule has 0 saturated carbocycles. The monoisotopic (exact) mass is 425 g/mol. The number of nitrogens with zero attached hydrogens (tertiary/aromatic N) is 2. The topological polar surface area (TPSA) is 126 Å². The summed E-state index contributed by atoms with van der Waals surface area (Å²) in [4.78, 5) is 40.0. The van der Waals surface area contributed by atoms with Gasteiger partial charge < -0.3 is 20.5 Å². The van der Waals surface area contributed by atoms with E-state index in [1.165, 1.54) is 11.8 Å². The molecule has 0 radical (unpaired) electrons. The highest BCUT2D eigenvalue weighted by Crippen LogP contribution is 2.13. The van der Waals surface area contributed by atoms with E-state index in [2.05, 4.69) is 26.1 Å². The Morgan fingerprint density at radius 1 is 0.967 bits per heavy atom. The van der Waals surface area contributed by atoms with E-state index in [1.807, 2.05) is 0 Å². The number of rotatable bonds is 8. The van der Waals surface area contributed by atoms with Crippen molar-refractivity contribution >= 4 is 46.7 Å². The lowest BCUT2D eigenvalue weighted by Crippen LogP contribution is -2.18. The molecule has 0 atom stereocenters. The van der Waals surface area contributed by atoms with Gasteiger partial charge in [-0.15, -0.1) is 11.8 Å². The van der Waals surface area contributed by atoms with Crippen LogP contribution in [0.1, 0.15) is 16.1 Å². The SMILES string of the molecule is Cc1cc(NC(=O)CSCC(=O)Nc2ccc(C(=O)Nc3cccnc3)cc2)no1. The van der Waals surface area contributed by atoms with Gasteiger partial charge in [0.25, 0.3) is 5.91 Å². The number of nitrogens with one attached hydrogen (secondary N) is 3. The number of carbonyl (C=O) groups excluding carboxylic acids is 3. The first kappa shape index (κ1) is 21.1. The molecular formula is C20H19N5O4S. The summed E-state index contributed by atoms with van der Waals surface area (Å²) in [7, 11) is 0. The molecule has 1 aromatic carbocycles. The largest absolute Gasteiger partial charge is 0.360 e. The molecule has 30 heavy (non-hydrogen) atoms. The van der Waals surface area contributed by atoms with Crippen LogP contribution in [-0.4, -0.2) is 39.4 Å². The zero-order valence-corrected chi connectivity index (χ0v) is 16.9. The van der Waals surface area contributed by atoms with E-state index in [0.29, 0.717) is 28.5 Å². The third-order valence-electron chi connectivity index (χ3n) is 3.71. The number of amides is 3. The number of pyridine rings is 1. The van der Waals surface area contributed by atoms with E-state index in [1.54, 1.807) is 61.8 Å². The third kappa shape index (κ3) is 6.45. The molecule has 3 N–H and O–H groups in total. The van der Waals surface area contributed by atoms with Gasteiger partial charge in [0.2, 0.25) is 11.8 Å². The van der Waals surface area contributed by atoms with Gasteiger partial charge in [-0.1, -0.05) is 5.16 Å². The highest BCUT2D eigenvalue weighted by atomic mass is 32.2. The van der Waals surface area contributed by atoms with Crippen LogP contribution in [0.25, 0.3) is 0 Å². The van der Waals surface area contributed by atoms with Gasteiger partial charge in [-0.25, -0.2) is 0 Å². The van der Waals surface area contributed by atoms with Gasteiger partial charge >= 0.3 is 0 Å². The molecular weight excluding hydrogens is 406 g/mol. The molecule has 3 rings (SSSR count). The Hall–Kier alpha value is -3.66. The summed E-state index contributed by atoms with van der Waals surface area (Å²) < 4.78 is 4.86. The summed E-state index contributed by atoms with van der Waals surface area (Å²) in [5.74, 6) is 0.349. The average molecular weight is 425 g/mol. The van der Waals surface area contributed by atoms with Crippen LogP contribution in [0.2, 0.25) is 0 Å². The molecule has 2 heterocycles. The summed E-state index contributed by atoms with van der Waals surface area (Å²) >= 11 is 1.17. The lowest BCUT2D eigenvalue weighted by molar-refractivity contribution is -0.114. The van der Waals surface area contributed by atoms with Gasteiger partial charge in [0.05, 0.1) is 23.4 Å². The maximum atomic E-state index is 12.2. The fourth-order valence-corrected chi connectivity index (χ4v) is 3.00. The van der Waals surface area contributed by atoms with E-state index in [9.17, 15) is 14.4 Å². The summed E-state index contributed by atoms with van der Waals surface area (Å²) in [6.07, 6.45) is 3.17. The highest BCUT2D eigenvalue weighted by molar-refractivity contribution is 8.00. The summed E-state index contributed by atoms with van der Waals surface area (Å²) in [5, 5.41) is 11.7. The lowest BCUT2D eigenvalue weighted by atomic mass is 10.2. The van der Waals surface area contributed by atoms with Crippen molar-refractivity contribution in [2.24, 2.45) is 0 Å². The number of thioether (sulfide) groups is 1. The van der Waals surface area contributed by atoms with E-state index in [0.717, 1.165) is 0 Å². The molecule has 3 aromatic rings. The van der Waals surface area contributed by atoms with Crippen molar-refractivity contribution in [3.8, 4) is 0 Å². The minimum Gasteiger partial charge on any atom is -0.360 e. The molecule has 3 amide bonds. The van der Waals surface area contributed by atoms with Crippen LogP contribution in [0.15, 0.2) is 59.4 Å². The third-order valence-corrected chi connectivity index (χ3v) is 4.64. The number of benzene rings is 1. The molecule has 0 aliphatic rings. The Morgan fingerprint density at radius 2 is 1.70 bits per heavy atom. The fourth-order valence-electron chi connectivity index (χ4n) is 2.38. The van der Waals surface area contributed by atoms with Crippen LogP contribution in [0.5, 0.6) is 0 Å². The zero-order chi connectivity index (χ0) is 21.3. The van der Waals surface area contributed by atoms with Gasteiger partial charge in [-0.2, -0.15) is 0 Å². The standard InChI is InChI=1S/C20H19N5O4S/c1-13-9-17(25-29-13)24-19(27)12-30-11-18(26)22-15-6-4-14(5-7-15)20(28)23-16-3-2-8-21-10-16/h2-10H,11-12H2,1H3,(H,22,26)(H,23,28)(H,24,25,27). The quantitative estimate of drug-likeness (QED) is 0.506. The molecule has 154 valence electrons. The Bertz CT molecular complexity index is 1020. The first-order chi connectivity index (χ1) is 14.5. The maximum absolute atomic E-state index is 12.2. The van der Waals surface area contributed by atoms with Crippen LogP contribution in [-0.2, 0) is 9.59 Å². The Balaban J connectivity index is 1.40. The molecule has 9 nitrogen and oxygen atoms in total. The zero-order valence-electron chi connectivity index (χ0n) is 16.0. The number of anilines is 3. The van der Waals surface area contributed by atoms with Gasteiger partial charge in [0.1, 0.15) is 5.76 Å². The average Bonchev–Trinajstić information content (AvgIpc) is 3.13. The van der Waals surface area contributed by atoms with Crippen molar-refractivity contribution in [3.05, 3.63) is 66.2 Å². The van der Waals surface area contributed by atoms with E-state index in [4.69, 9.17) is 4.52 Å².